The van der Waals surface area contributed by atoms with Gasteiger partial charge in [-0.1, -0.05) is 35.9 Å². The van der Waals surface area contributed by atoms with Crippen molar-refractivity contribution in [1.29, 1.82) is 0 Å². The maximum atomic E-state index is 12.5. The highest BCUT2D eigenvalue weighted by atomic mass is 35.5. The van der Waals surface area contributed by atoms with Crippen LogP contribution in [0.25, 0.3) is 0 Å². The molecule has 3 rings (SSSR count). The fourth-order valence-electron chi connectivity index (χ4n) is 2.69. The molecule has 0 spiro atoms. The highest BCUT2D eigenvalue weighted by Gasteiger charge is 2.16. The second kappa shape index (κ2) is 6.95. The molecule has 1 amide bonds. The van der Waals surface area contributed by atoms with Gasteiger partial charge in [-0.2, -0.15) is 0 Å². The summed E-state index contributed by atoms with van der Waals surface area (Å²) in [4.78, 5) is 14.3. The molecule has 0 saturated carbocycles. The molecule has 0 fully saturated rings. The maximum Gasteiger partial charge on any atom is 0.253 e. The van der Waals surface area contributed by atoms with Gasteiger partial charge in [0.15, 0.2) is 0 Å². The zero-order valence-electron chi connectivity index (χ0n) is 12.9. The first-order valence-corrected chi connectivity index (χ1v) is 7.27. The summed E-state index contributed by atoms with van der Waals surface area (Å²) < 4.78 is 0. The van der Waals surface area contributed by atoms with Crippen molar-refractivity contribution in [2.45, 2.75) is 26.6 Å². The van der Waals surface area contributed by atoms with E-state index in [0.29, 0.717) is 6.54 Å². The molecule has 1 heterocycles. The van der Waals surface area contributed by atoms with Gasteiger partial charge in [0, 0.05) is 32.2 Å². The summed E-state index contributed by atoms with van der Waals surface area (Å²) in [5.74, 6) is 0.0743. The van der Waals surface area contributed by atoms with Crippen LogP contribution in [0.5, 0.6) is 0 Å². The molecule has 0 aliphatic carbocycles. The minimum atomic E-state index is 0. The summed E-state index contributed by atoms with van der Waals surface area (Å²) >= 11 is 0. The lowest BCUT2D eigenvalue weighted by atomic mass is 10.1. The Morgan fingerprint density at radius 1 is 1.09 bits per heavy atom. The standard InChI is InChI=1S/C18H20N2O.ClH/c1-13-3-5-14(6-4-13)12-20(2)18(21)15-7-8-16-10-19-11-17(16)9-15;/h3-9,19H,10-12H2,1-2H3;1H. The molecular weight excluding hydrogens is 296 g/mol. The minimum absolute atomic E-state index is 0. The SMILES string of the molecule is Cc1ccc(CN(C)C(=O)c2ccc3c(c2)CNC3)cc1.Cl. The van der Waals surface area contributed by atoms with E-state index in [4.69, 9.17) is 0 Å². The van der Waals surface area contributed by atoms with Crippen molar-refractivity contribution in [3.63, 3.8) is 0 Å². The normalized spacial score (nSPS) is 12.5. The quantitative estimate of drug-likeness (QED) is 0.942. The fourth-order valence-corrected chi connectivity index (χ4v) is 2.69. The maximum absolute atomic E-state index is 12.5. The van der Waals surface area contributed by atoms with E-state index < -0.39 is 0 Å². The van der Waals surface area contributed by atoms with Crippen LogP contribution in [0.3, 0.4) is 0 Å². The molecule has 116 valence electrons. The van der Waals surface area contributed by atoms with Gasteiger partial charge in [0.05, 0.1) is 0 Å². The molecule has 0 atom stereocenters. The van der Waals surface area contributed by atoms with Crippen LogP contribution in [0.4, 0.5) is 0 Å². The monoisotopic (exact) mass is 316 g/mol. The lowest BCUT2D eigenvalue weighted by Crippen LogP contribution is -2.26. The largest absolute Gasteiger partial charge is 0.337 e. The van der Waals surface area contributed by atoms with Crippen molar-refractivity contribution in [2.75, 3.05) is 7.05 Å². The number of fused-ring (bicyclic) bond motifs is 1. The van der Waals surface area contributed by atoms with Crippen molar-refractivity contribution in [1.82, 2.24) is 10.2 Å². The Bertz CT molecular complexity index is 667. The van der Waals surface area contributed by atoms with Crippen molar-refractivity contribution in [2.24, 2.45) is 0 Å². The summed E-state index contributed by atoms with van der Waals surface area (Å²) in [6, 6.07) is 14.3. The molecule has 0 saturated heterocycles. The van der Waals surface area contributed by atoms with Gasteiger partial charge in [0.2, 0.25) is 0 Å². The van der Waals surface area contributed by atoms with Gasteiger partial charge in [-0.05, 0) is 35.7 Å². The number of aryl methyl sites for hydroxylation is 1. The number of hydrogen-bond acceptors (Lipinski definition) is 2. The van der Waals surface area contributed by atoms with Crippen LogP contribution in [-0.2, 0) is 19.6 Å². The predicted molar refractivity (Wildman–Crippen MR) is 91.2 cm³/mol. The molecule has 22 heavy (non-hydrogen) atoms. The average molecular weight is 317 g/mol. The van der Waals surface area contributed by atoms with E-state index in [1.807, 2.05) is 19.2 Å². The zero-order valence-corrected chi connectivity index (χ0v) is 13.7. The molecule has 3 nitrogen and oxygen atoms in total. The van der Waals surface area contributed by atoms with E-state index in [-0.39, 0.29) is 18.3 Å². The Kier molecular flexibility index (Phi) is 5.22. The molecule has 2 aromatic rings. The molecule has 0 bridgehead atoms. The van der Waals surface area contributed by atoms with Crippen molar-refractivity contribution >= 4 is 18.3 Å². The fraction of sp³-hybridized carbons (Fsp3) is 0.278. The third kappa shape index (κ3) is 3.49. The Morgan fingerprint density at radius 2 is 1.77 bits per heavy atom. The summed E-state index contributed by atoms with van der Waals surface area (Å²) in [6.45, 7) is 4.47. The molecule has 0 aromatic heterocycles. The highest BCUT2D eigenvalue weighted by Crippen LogP contribution is 2.18. The highest BCUT2D eigenvalue weighted by molar-refractivity contribution is 5.94. The summed E-state index contributed by atoms with van der Waals surface area (Å²) in [7, 11) is 1.85. The van der Waals surface area contributed by atoms with E-state index in [2.05, 4.69) is 42.6 Å². The van der Waals surface area contributed by atoms with E-state index >= 15 is 0 Å². The van der Waals surface area contributed by atoms with Gasteiger partial charge in [-0.15, -0.1) is 12.4 Å². The third-order valence-electron chi connectivity index (χ3n) is 3.97. The van der Waals surface area contributed by atoms with Crippen molar-refractivity contribution in [3.05, 3.63) is 70.3 Å². The Labute approximate surface area is 137 Å². The number of carbonyl (C=O) groups is 1. The zero-order chi connectivity index (χ0) is 14.8. The number of carbonyl (C=O) groups excluding carboxylic acids is 1. The molecule has 1 aliphatic heterocycles. The van der Waals surface area contributed by atoms with E-state index in [0.717, 1.165) is 24.2 Å². The lowest BCUT2D eigenvalue weighted by Gasteiger charge is -2.18. The van der Waals surface area contributed by atoms with Crippen LogP contribution < -0.4 is 5.32 Å². The molecular formula is C18H21ClN2O. The van der Waals surface area contributed by atoms with Crippen LogP contribution in [-0.4, -0.2) is 17.9 Å². The molecule has 2 aromatic carbocycles. The Hall–Kier alpha value is -1.84. The average Bonchev–Trinajstić information content (AvgIpc) is 2.96. The summed E-state index contributed by atoms with van der Waals surface area (Å²) in [6.07, 6.45) is 0. The van der Waals surface area contributed by atoms with Crippen molar-refractivity contribution in [3.8, 4) is 0 Å². The van der Waals surface area contributed by atoms with Crippen LogP contribution in [0.2, 0.25) is 0 Å². The topological polar surface area (TPSA) is 32.3 Å². The van der Waals surface area contributed by atoms with Crippen LogP contribution in [0.1, 0.15) is 32.6 Å². The first-order valence-electron chi connectivity index (χ1n) is 7.27. The predicted octanol–water partition coefficient (Wildman–Crippen LogP) is 3.29. The molecule has 4 heteroatoms. The molecule has 1 aliphatic rings. The van der Waals surface area contributed by atoms with Gasteiger partial charge < -0.3 is 10.2 Å². The number of nitrogens with zero attached hydrogens (tertiary/aromatic N) is 1. The van der Waals surface area contributed by atoms with E-state index in [1.54, 1.807) is 4.90 Å². The minimum Gasteiger partial charge on any atom is -0.337 e. The third-order valence-corrected chi connectivity index (χ3v) is 3.97. The first-order chi connectivity index (χ1) is 10.1. The number of amides is 1. The van der Waals surface area contributed by atoms with Gasteiger partial charge in [-0.3, -0.25) is 4.79 Å². The smallest absolute Gasteiger partial charge is 0.253 e. The molecule has 0 radical (unpaired) electrons. The second-order valence-electron chi connectivity index (χ2n) is 5.73. The van der Waals surface area contributed by atoms with Crippen molar-refractivity contribution < 1.29 is 4.79 Å². The molecule has 0 unspecified atom stereocenters. The van der Waals surface area contributed by atoms with Gasteiger partial charge in [0.25, 0.3) is 5.91 Å². The first kappa shape index (κ1) is 16.5. The Morgan fingerprint density at radius 3 is 2.50 bits per heavy atom. The molecule has 1 N–H and O–H groups in total. The lowest BCUT2D eigenvalue weighted by molar-refractivity contribution is 0.0785. The van der Waals surface area contributed by atoms with Gasteiger partial charge in [0.1, 0.15) is 0 Å². The van der Waals surface area contributed by atoms with Crippen LogP contribution in [0.15, 0.2) is 42.5 Å². The van der Waals surface area contributed by atoms with Crippen LogP contribution in [0, 0.1) is 6.92 Å². The summed E-state index contributed by atoms with van der Waals surface area (Å²) in [5, 5.41) is 3.30. The number of benzene rings is 2. The van der Waals surface area contributed by atoms with E-state index in [1.165, 1.54) is 16.7 Å². The van der Waals surface area contributed by atoms with Gasteiger partial charge >= 0.3 is 0 Å². The van der Waals surface area contributed by atoms with Crippen LogP contribution >= 0.6 is 12.4 Å². The number of nitrogens with one attached hydrogen (secondary N) is 1. The van der Waals surface area contributed by atoms with Gasteiger partial charge in [-0.25, -0.2) is 0 Å². The number of rotatable bonds is 3. The number of hydrogen-bond donors (Lipinski definition) is 1. The number of halogens is 1. The van der Waals surface area contributed by atoms with E-state index in [9.17, 15) is 4.79 Å². The Balaban J connectivity index is 0.00000176. The summed E-state index contributed by atoms with van der Waals surface area (Å²) in [5.41, 5.74) is 5.70. The second-order valence-corrected chi connectivity index (χ2v) is 5.73.